The molecule has 0 radical (unpaired) electrons. The molecule has 4 rings (SSSR count). The molecular formula is C17H11ClO2S3. The number of fused-ring (bicyclic) bond motifs is 2. The fraction of sp³-hybridized carbons (Fsp3) is 0.0588. The molecule has 23 heavy (non-hydrogen) atoms. The normalized spacial score (nSPS) is 12.3. The second kappa shape index (κ2) is 5.31. The summed E-state index contributed by atoms with van der Waals surface area (Å²) in [6.45, 7) is 1.91. The Morgan fingerprint density at radius 1 is 1.00 bits per heavy atom. The molecule has 0 aliphatic heterocycles. The van der Waals surface area contributed by atoms with Crippen LogP contribution < -0.4 is 0 Å². The Bertz CT molecular complexity index is 1120. The molecule has 0 spiro atoms. The lowest BCUT2D eigenvalue weighted by Gasteiger charge is -2.03. The van der Waals surface area contributed by atoms with Crippen LogP contribution in [-0.4, -0.2) is 8.42 Å². The average Bonchev–Trinajstić information content (AvgIpc) is 3.10. The van der Waals surface area contributed by atoms with Gasteiger partial charge in [-0.15, -0.1) is 22.7 Å². The highest BCUT2D eigenvalue weighted by atomic mass is 35.5. The quantitative estimate of drug-likeness (QED) is 0.434. The average molecular weight is 379 g/mol. The van der Waals surface area contributed by atoms with E-state index in [4.69, 9.17) is 11.6 Å². The minimum atomic E-state index is -3.56. The fourth-order valence-electron chi connectivity index (χ4n) is 2.60. The van der Waals surface area contributed by atoms with Crippen molar-refractivity contribution in [2.45, 2.75) is 16.0 Å². The van der Waals surface area contributed by atoms with E-state index in [1.165, 1.54) is 22.7 Å². The van der Waals surface area contributed by atoms with Gasteiger partial charge >= 0.3 is 0 Å². The second-order valence-electron chi connectivity index (χ2n) is 5.24. The van der Waals surface area contributed by atoms with Crippen LogP contribution in [0.1, 0.15) is 5.56 Å². The maximum atomic E-state index is 13.1. The Labute approximate surface area is 146 Å². The SMILES string of the molecule is Cc1c(Cl)sc2c(S(=O)(=O)c3cc4ccccc4s3)cccc12. The van der Waals surface area contributed by atoms with E-state index in [0.29, 0.717) is 13.4 Å². The van der Waals surface area contributed by atoms with Crippen molar-refractivity contribution in [3.8, 4) is 0 Å². The van der Waals surface area contributed by atoms with Crippen molar-refractivity contribution in [3.63, 3.8) is 0 Å². The van der Waals surface area contributed by atoms with Gasteiger partial charge in [0.1, 0.15) is 4.21 Å². The van der Waals surface area contributed by atoms with Crippen LogP contribution in [0.2, 0.25) is 4.34 Å². The number of rotatable bonds is 2. The van der Waals surface area contributed by atoms with Gasteiger partial charge in [-0.05, 0) is 41.5 Å². The molecule has 0 amide bonds. The van der Waals surface area contributed by atoms with Crippen LogP contribution >= 0.6 is 34.3 Å². The molecule has 0 aliphatic carbocycles. The largest absolute Gasteiger partial charge is 0.218 e. The molecule has 0 saturated carbocycles. The van der Waals surface area contributed by atoms with Crippen molar-refractivity contribution < 1.29 is 8.42 Å². The molecule has 0 saturated heterocycles. The second-order valence-corrected chi connectivity index (χ2v) is 10.1. The van der Waals surface area contributed by atoms with Crippen LogP contribution in [0.4, 0.5) is 0 Å². The number of sulfone groups is 1. The molecule has 2 nitrogen and oxygen atoms in total. The van der Waals surface area contributed by atoms with Gasteiger partial charge in [0.15, 0.2) is 0 Å². The zero-order valence-electron chi connectivity index (χ0n) is 12.0. The zero-order chi connectivity index (χ0) is 16.2. The van der Waals surface area contributed by atoms with Crippen LogP contribution in [0, 0.1) is 6.92 Å². The Balaban J connectivity index is 2.00. The van der Waals surface area contributed by atoms with Crippen LogP contribution in [-0.2, 0) is 9.84 Å². The summed E-state index contributed by atoms with van der Waals surface area (Å²) in [6, 6.07) is 14.8. The number of thiophene rings is 2. The summed E-state index contributed by atoms with van der Waals surface area (Å²) in [5.41, 5.74) is 0.931. The molecule has 0 N–H and O–H groups in total. The number of hydrogen-bond acceptors (Lipinski definition) is 4. The summed E-state index contributed by atoms with van der Waals surface area (Å²) in [6.07, 6.45) is 0. The summed E-state index contributed by atoms with van der Waals surface area (Å²) in [5.74, 6) is 0. The van der Waals surface area contributed by atoms with Crippen LogP contribution in [0.15, 0.2) is 57.6 Å². The van der Waals surface area contributed by atoms with Gasteiger partial charge in [0.2, 0.25) is 9.84 Å². The lowest BCUT2D eigenvalue weighted by atomic mass is 10.2. The predicted molar refractivity (Wildman–Crippen MR) is 98.8 cm³/mol. The first kappa shape index (κ1) is 15.1. The van der Waals surface area contributed by atoms with Crippen molar-refractivity contribution in [2.75, 3.05) is 0 Å². The van der Waals surface area contributed by atoms with Crippen molar-refractivity contribution in [3.05, 3.63) is 58.4 Å². The minimum Gasteiger partial charge on any atom is -0.218 e. The van der Waals surface area contributed by atoms with Crippen molar-refractivity contribution in [2.24, 2.45) is 0 Å². The molecule has 0 fully saturated rings. The first-order valence-corrected chi connectivity index (χ1v) is 10.4. The highest BCUT2D eigenvalue weighted by molar-refractivity contribution is 7.94. The van der Waals surface area contributed by atoms with Crippen molar-refractivity contribution in [1.82, 2.24) is 0 Å². The monoisotopic (exact) mass is 378 g/mol. The van der Waals surface area contributed by atoms with Gasteiger partial charge in [-0.2, -0.15) is 0 Å². The Kier molecular flexibility index (Phi) is 3.50. The van der Waals surface area contributed by atoms with Gasteiger partial charge in [-0.1, -0.05) is 41.9 Å². The molecular weight excluding hydrogens is 368 g/mol. The maximum absolute atomic E-state index is 13.1. The van der Waals surface area contributed by atoms with E-state index in [9.17, 15) is 8.42 Å². The maximum Gasteiger partial charge on any atom is 0.217 e. The van der Waals surface area contributed by atoms with E-state index in [1.807, 2.05) is 37.3 Å². The first-order chi connectivity index (χ1) is 11.0. The third-order valence-corrected chi connectivity index (χ3v) is 8.99. The lowest BCUT2D eigenvalue weighted by Crippen LogP contribution is -1.99. The van der Waals surface area contributed by atoms with Gasteiger partial charge < -0.3 is 0 Å². The van der Waals surface area contributed by atoms with E-state index in [1.54, 1.807) is 18.2 Å². The van der Waals surface area contributed by atoms with E-state index in [-0.39, 0.29) is 0 Å². The van der Waals surface area contributed by atoms with Crippen molar-refractivity contribution >= 4 is 64.3 Å². The Morgan fingerprint density at radius 2 is 1.78 bits per heavy atom. The van der Waals surface area contributed by atoms with Gasteiger partial charge in [-0.3, -0.25) is 0 Å². The summed E-state index contributed by atoms with van der Waals surface area (Å²) in [7, 11) is -3.56. The molecule has 0 atom stereocenters. The summed E-state index contributed by atoms with van der Waals surface area (Å²) < 4.78 is 28.9. The third kappa shape index (κ3) is 2.31. The third-order valence-electron chi connectivity index (χ3n) is 3.83. The molecule has 0 bridgehead atoms. The highest BCUT2D eigenvalue weighted by Crippen LogP contribution is 2.41. The topological polar surface area (TPSA) is 34.1 Å². The van der Waals surface area contributed by atoms with Crippen molar-refractivity contribution in [1.29, 1.82) is 0 Å². The number of hydrogen-bond donors (Lipinski definition) is 0. The standard InChI is InChI=1S/C17H11ClO2S3/c1-10-12-6-4-8-14(16(12)22-17(10)18)23(19,20)15-9-11-5-2-3-7-13(11)21-15/h2-9H,1H3. The number of benzene rings is 2. The van der Waals surface area contributed by atoms with Gasteiger partial charge in [0, 0.05) is 4.70 Å². The van der Waals surface area contributed by atoms with Crippen LogP contribution in [0.3, 0.4) is 0 Å². The van der Waals surface area contributed by atoms with Crippen LogP contribution in [0.5, 0.6) is 0 Å². The molecule has 6 heteroatoms. The van der Waals surface area contributed by atoms with E-state index >= 15 is 0 Å². The molecule has 2 heterocycles. The first-order valence-electron chi connectivity index (χ1n) is 6.90. The predicted octanol–water partition coefficient (Wildman–Crippen LogP) is 5.91. The molecule has 2 aromatic carbocycles. The summed E-state index contributed by atoms with van der Waals surface area (Å²) in [4.78, 5) is 0.335. The van der Waals surface area contributed by atoms with Gasteiger partial charge in [0.25, 0.3) is 0 Å². The van der Waals surface area contributed by atoms with Gasteiger partial charge in [0.05, 0.1) is 13.9 Å². The molecule has 116 valence electrons. The Hall–Kier alpha value is -1.40. The summed E-state index contributed by atoms with van der Waals surface area (Å²) in [5, 5.41) is 1.85. The summed E-state index contributed by atoms with van der Waals surface area (Å²) >= 11 is 8.84. The minimum absolute atomic E-state index is 0.335. The highest BCUT2D eigenvalue weighted by Gasteiger charge is 2.24. The molecule has 2 aromatic heterocycles. The zero-order valence-corrected chi connectivity index (χ0v) is 15.2. The fourth-order valence-corrected chi connectivity index (χ4v) is 7.21. The van der Waals surface area contributed by atoms with E-state index in [2.05, 4.69) is 0 Å². The lowest BCUT2D eigenvalue weighted by molar-refractivity contribution is 0.599. The molecule has 4 aromatic rings. The van der Waals surface area contributed by atoms with E-state index in [0.717, 1.165) is 25.7 Å². The van der Waals surface area contributed by atoms with E-state index < -0.39 is 9.84 Å². The smallest absolute Gasteiger partial charge is 0.217 e. The number of halogens is 1. The van der Waals surface area contributed by atoms with Crippen LogP contribution in [0.25, 0.3) is 20.2 Å². The van der Waals surface area contributed by atoms with Gasteiger partial charge in [-0.25, -0.2) is 8.42 Å². The molecule has 0 aliphatic rings. The Morgan fingerprint density at radius 3 is 2.57 bits per heavy atom. The number of aryl methyl sites for hydroxylation is 1. The molecule has 0 unspecified atom stereocenters.